The third-order valence-corrected chi connectivity index (χ3v) is 2.88. The molecule has 0 saturated heterocycles. The summed E-state index contributed by atoms with van der Waals surface area (Å²) in [6.45, 7) is -6.17. The van der Waals surface area contributed by atoms with Crippen LogP contribution in [0.15, 0.2) is 0 Å². The molecule has 4 aliphatic carbocycles. The SMILES string of the molecule is [2H]C([2H])([2H])C12CC3([2H])CC(C([2H])([2H])[2H])(C1)C([2H])([2H])C(N)(C3([2H])[2H])C2([2H])[2H]. The molecule has 4 aliphatic rings. The van der Waals surface area contributed by atoms with Crippen molar-refractivity contribution in [2.75, 3.05) is 0 Å². The maximum Gasteiger partial charge on any atom is 0.0304 e. The maximum absolute atomic E-state index is 8.62. The molecule has 2 atom stereocenters. The monoisotopic (exact) mass is 192 g/mol. The van der Waals surface area contributed by atoms with Gasteiger partial charge in [0.1, 0.15) is 0 Å². The molecular weight excluding hydrogens is 158 g/mol. The van der Waals surface area contributed by atoms with Crippen molar-refractivity contribution >= 4 is 0 Å². The largest absolute Gasteiger partial charge is 0.325 e. The first-order valence-corrected chi connectivity index (χ1v) is 4.41. The third-order valence-electron chi connectivity index (χ3n) is 2.88. The van der Waals surface area contributed by atoms with Gasteiger partial charge in [-0.3, -0.25) is 0 Å². The summed E-state index contributed by atoms with van der Waals surface area (Å²) in [6, 6.07) is 0. The first-order chi connectivity index (χ1) is 11.1. The van der Waals surface area contributed by atoms with E-state index in [9.17, 15) is 0 Å². The Morgan fingerprint density at radius 2 is 2.00 bits per heavy atom. The molecule has 4 saturated carbocycles. The Morgan fingerprint density at radius 1 is 1.38 bits per heavy atom. The van der Waals surface area contributed by atoms with Gasteiger partial charge in [0, 0.05) is 23.4 Å². The molecule has 74 valence electrons. The molecular formula is C12H21N. The van der Waals surface area contributed by atoms with Crippen molar-refractivity contribution in [3.05, 3.63) is 0 Å². The molecule has 4 rings (SSSR count). The Balaban J connectivity index is 2.51. The van der Waals surface area contributed by atoms with Crippen molar-refractivity contribution in [1.82, 2.24) is 0 Å². The molecule has 2 unspecified atom stereocenters. The average Bonchev–Trinajstić information content (AvgIpc) is 2.39. The molecule has 0 amide bonds. The van der Waals surface area contributed by atoms with Gasteiger partial charge in [-0.15, -0.1) is 0 Å². The Hall–Kier alpha value is -0.0400. The number of hydrogen-bond donors (Lipinski definition) is 1. The van der Waals surface area contributed by atoms with Crippen LogP contribution in [0.25, 0.3) is 0 Å². The van der Waals surface area contributed by atoms with E-state index >= 15 is 0 Å². The zero-order valence-corrected chi connectivity index (χ0v) is 7.20. The summed E-state index contributed by atoms with van der Waals surface area (Å²) in [5.74, 6) is -2.33. The van der Waals surface area contributed by atoms with Gasteiger partial charge in [0.2, 0.25) is 0 Å². The van der Waals surface area contributed by atoms with E-state index in [0.29, 0.717) is 0 Å². The molecule has 4 fully saturated rings. The van der Waals surface area contributed by atoms with Gasteiger partial charge in [0.05, 0.1) is 0 Å². The fourth-order valence-corrected chi connectivity index (χ4v) is 2.82. The molecule has 13 heavy (non-hydrogen) atoms. The Kier molecular flexibility index (Phi) is 0.361. The van der Waals surface area contributed by atoms with Crippen molar-refractivity contribution in [1.29, 1.82) is 0 Å². The van der Waals surface area contributed by atoms with Gasteiger partial charge in [0.25, 0.3) is 0 Å². The molecule has 4 bridgehead atoms. The standard InChI is InChI=1S/C12H21N/c1-10-3-9-4-11(2,6-10)8-12(13,5-9)7-10/h9H,3-8,13H2,1-2H3/i1D3,2D3,5D2,7D2,8D2,9D. The molecule has 2 N–H and O–H groups in total. The first kappa shape index (κ1) is 2.37. The summed E-state index contributed by atoms with van der Waals surface area (Å²) in [7, 11) is 0. The normalized spacial score (nSPS) is 98.4. The Bertz CT molecular complexity index is 619. The Morgan fingerprint density at radius 3 is 2.54 bits per heavy atom. The first-order valence-electron chi connectivity index (χ1n) is 10.9. The van der Waals surface area contributed by atoms with Crippen LogP contribution < -0.4 is 5.73 Å². The minimum atomic E-state index is -3.12. The topological polar surface area (TPSA) is 26.0 Å². The second-order valence-corrected chi connectivity index (χ2v) is 4.48. The zero-order valence-electron chi connectivity index (χ0n) is 20.2. The third kappa shape index (κ3) is 1.09. The summed E-state index contributed by atoms with van der Waals surface area (Å²) in [5.41, 5.74) is -1.92. The van der Waals surface area contributed by atoms with Gasteiger partial charge in [-0.1, -0.05) is 13.7 Å². The lowest BCUT2D eigenvalue weighted by Crippen LogP contribution is -2.62. The summed E-state index contributed by atoms with van der Waals surface area (Å²) < 4.78 is 107. The second kappa shape index (κ2) is 1.98. The molecule has 0 aliphatic heterocycles. The van der Waals surface area contributed by atoms with E-state index in [4.69, 9.17) is 23.6 Å². The number of rotatable bonds is 0. The van der Waals surface area contributed by atoms with E-state index < -0.39 is 74.3 Å². The molecule has 0 aromatic carbocycles. The van der Waals surface area contributed by atoms with E-state index in [1.165, 1.54) is 0 Å². The van der Waals surface area contributed by atoms with Crippen LogP contribution in [-0.2, 0) is 0 Å². The van der Waals surface area contributed by atoms with E-state index in [-0.39, 0.29) is 0 Å². The van der Waals surface area contributed by atoms with Gasteiger partial charge < -0.3 is 5.73 Å². The lowest BCUT2D eigenvalue weighted by atomic mass is 9.43. The van der Waals surface area contributed by atoms with Gasteiger partial charge in [-0.2, -0.15) is 0 Å². The van der Waals surface area contributed by atoms with E-state index in [0.717, 1.165) is 0 Å². The quantitative estimate of drug-likeness (QED) is 0.627. The van der Waals surface area contributed by atoms with Crippen LogP contribution in [0.4, 0.5) is 0 Å². The van der Waals surface area contributed by atoms with Crippen molar-refractivity contribution in [3.8, 4) is 0 Å². The van der Waals surface area contributed by atoms with Crippen molar-refractivity contribution < 1.29 is 17.8 Å². The Labute approximate surface area is 99.3 Å². The van der Waals surface area contributed by atoms with Crippen LogP contribution in [0.5, 0.6) is 0 Å². The van der Waals surface area contributed by atoms with Gasteiger partial charge in [-0.05, 0) is 55.1 Å². The zero-order chi connectivity index (χ0) is 20.6. The number of nitrogens with two attached hydrogens (primary N) is 1. The highest BCUT2D eigenvalue weighted by molar-refractivity contribution is 5.12. The average molecular weight is 192 g/mol. The van der Waals surface area contributed by atoms with Crippen LogP contribution in [-0.4, -0.2) is 5.54 Å². The van der Waals surface area contributed by atoms with Crippen LogP contribution in [0.3, 0.4) is 0 Å². The van der Waals surface area contributed by atoms with Crippen molar-refractivity contribution in [2.45, 2.75) is 57.6 Å². The van der Waals surface area contributed by atoms with E-state index in [1.54, 1.807) is 0 Å². The van der Waals surface area contributed by atoms with Crippen molar-refractivity contribution in [2.24, 2.45) is 22.5 Å². The lowest BCUT2D eigenvalue weighted by molar-refractivity contribution is -0.104. The van der Waals surface area contributed by atoms with Crippen LogP contribution in [0, 0.1) is 16.7 Å². The molecule has 0 aromatic rings. The van der Waals surface area contributed by atoms with Gasteiger partial charge >= 0.3 is 0 Å². The lowest BCUT2D eigenvalue weighted by Gasteiger charge is -2.64. The summed E-state index contributed by atoms with van der Waals surface area (Å²) in [6.07, 6.45) is -11.5. The maximum atomic E-state index is 8.62. The van der Waals surface area contributed by atoms with Crippen LogP contribution >= 0.6 is 0 Å². The highest BCUT2D eigenvalue weighted by Gasteiger charge is 2.58. The molecule has 1 nitrogen and oxygen atoms in total. The van der Waals surface area contributed by atoms with Crippen molar-refractivity contribution in [3.63, 3.8) is 0 Å². The predicted molar refractivity (Wildman–Crippen MR) is 54.3 cm³/mol. The second-order valence-electron chi connectivity index (χ2n) is 4.48. The van der Waals surface area contributed by atoms with E-state index in [1.807, 2.05) is 0 Å². The molecule has 1 heteroatoms. The molecule has 0 spiro atoms. The van der Waals surface area contributed by atoms with Crippen LogP contribution in [0.1, 0.15) is 69.9 Å². The van der Waals surface area contributed by atoms with Gasteiger partial charge in [-0.25, -0.2) is 0 Å². The highest BCUT2D eigenvalue weighted by Crippen LogP contribution is 2.65. The smallest absolute Gasteiger partial charge is 0.0304 e. The fourth-order valence-electron chi connectivity index (χ4n) is 2.82. The fraction of sp³-hybridized carbons (Fsp3) is 1.00. The van der Waals surface area contributed by atoms with E-state index in [2.05, 4.69) is 0 Å². The highest BCUT2D eigenvalue weighted by atomic mass is 14.8. The summed E-state index contributed by atoms with van der Waals surface area (Å²) in [5, 5.41) is 0. The predicted octanol–water partition coefficient (Wildman–Crippen LogP) is 2.69. The molecule has 0 aromatic heterocycles. The van der Waals surface area contributed by atoms with Crippen LogP contribution in [0.2, 0.25) is 0 Å². The molecule has 0 heterocycles. The van der Waals surface area contributed by atoms with Gasteiger partial charge in [0.15, 0.2) is 0 Å². The minimum absolute atomic E-state index is 0.747. The summed E-state index contributed by atoms with van der Waals surface area (Å²) >= 11 is 0. The summed E-state index contributed by atoms with van der Waals surface area (Å²) in [4.78, 5) is 0. The number of hydrogen-bond acceptors (Lipinski definition) is 1. The minimum Gasteiger partial charge on any atom is -0.325 e. The molecule has 0 radical (unpaired) electrons.